The third-order valence-corrected chi connectivity index (χ3v) is 7.03. The molecule has 0 fully saturated rings. The molecule has 31 heavy (non-hydrogen) atoms. The van der Waals surface area contributed by atoms with E-state index in [-0.39, 0.29) is 5.91 Å². The lowest BCUT2D eigenvalue weighted by molar-refractivity contribution is -0.120. The first-order chi connectivity index (χ1) is 15.0. The highest BCUT2D eigenvalue weighted by Gasteiger charge is 2.10. The highest BCUT2D eigenvalue weighted by atomic mass is 32.2. The summed E-state index contributed by atoms with van der Waals surface area (Å²) in [7, 11) is 3.23. The summed E-state index contributed by atoms with van der Waals surface area (Å²) >= 11 is 3.31. The standard InChI is InChI=1S/C24H28N2O3S2/c1-16-5-6-17(2)19(11-16)14-30-24-26-20(15-31-24)13-23(27)25-10-9-18-7-8-21(28-3)22(12-18)29-4/h5-8,11-12,15H,9-10,13-14H2,1-4H3,(H,25,27). The molecule has 0 atom stereocenters. The van der Waals surface area contributed by atoms with Crippen molar-refractivity contribution in [3.63, 3.8) is 0 Å². The van der Waals surface area contributed by atoms with Crippen LogP contribution in [0.1, 0.15) is 27.9 Å². The second-order valence-electron chi connectivity index (χ2n) is 7.29. The molecule has 0 bridgehead atoms. The molecule has 3 aromatic rings. The number of hydrogen-bond donors (Lipinski definition) is 1. The average molecular weight is 457 g/mol. The Bertz CT molecular complexity index is 1030. The lowest BCUT2D eigenvalue weighted by Crippen LogP contribution is -2.27. The number of ether oxygens (including phenoxy) is 2. The molecule has 0 saturated heterocycles. The molecule has 1 aromatic heterocycles. The number of aryl methyl sites for hydroxylation is 2. The van der Waals surface area contributed by atoms with E-state index in [1.54, 1.807) is 37.3 Å². The highest BCUT2D eigenvalue weighted by molar-refractivity contribution is 8.00. The summed E-state index contributed by atoms with van der Waals surface area (Å²) in [5.41, 5.74) is 5.79. The lowest BCUT2D eigenvalue weighted by Gasteiger charge is -2.10. The Morgan fingerprint density at radius 1 is 1.10 bits per heavy atom. The second-order valence-corrected chi connectivity index (χ2v) is 9.37. The molecule has 7 heteroatoms. The van der Waals surface area contributed by atoms with Gasteiger partial charge in [-0.3, -0.25) is 4.79 Å². The van der Waals surface area contributed by atoms with Gasteiger partial charge in [-0.15, -0.1) is 11.3 Å². The highest BCUT2D eigenvalue weighted by Crippen LogP contribution is 2.28. The van der Waals surface area contributed by atoms with E-state index < -0.39 is 0 Å². The molecule has 0 aliphatic heterocycles. The maximum Gasteiger partial charge on any atom is 0.226 e. The van der Waals surface area contributed by atoms with Crippen LogP contribution in [0.2, 0.25) is 0 Å². The van der Waals surface area contributed by atoms with Gasteiger partial charge in [0.25, 0.3) is 0 Å². The van der Waals surface area contributed by atoms with Gasteiger partial charge in [0.05, 0.1) is 26.3 Å². The zero-order valence-electron chi connectivity index (χ0n) is 18.4. The molecule has 0 unspecified atom stereocenters. The van der Waals surface area contributed by atoms with E-state index in [1.165, 1.54) is 16.7 Å². The fourth-order valence-electron chi connectivity index (χ4n) is 3.14. The summed E-state index contributed by atoms with van der Waals surface area (Å²) < 4.78 is 11.6. The summed E-state index contributed by atoms with van der Waals surface area (Å²) in [6, 6.07) is 12.3. The van der Waals surface area contributed by atoms with Crippen molar-refractivity contribution in [3.8, 4) is 11.5 Å². The molecule has 1 amide bonds. The van der Waals surface area contributed by atoms with Crippen molar-refractivity contribution in [1.82, 2.24) is 10.3 Å². The molecule has 0 aliphatic rings. The van der Waals surface area contributed by atoms with E-state index in [2.05, 4.69) is 42.3 Å². The predicted molar refractivity (Wildman–Crippen MR) is 128 cm³/mol. The van der Waals surface area contributed by atoms with E-state index in [9.17, 15) is 4.79 Å². The Morgan fingerprint density at radius 3 is 2.68 bits per heavy atom. The summed E-state index contributed by atoms with van der Waals surface area (Å²) in [4.78, 5) is 16.9. The third kappa shape index (κ3) is 6.74. The van der Waals surface area contributed by atoms with Gasteiger partial charge in [-0.05, 0) is 49.1 Å². The zero-order valence-corrected chi connectivity index (χ0v) is 20.0. The quantitative estimate of drug-likeness (QED) is 0.437. The lowest BCUT2D eigenvalue weighted by atomic mass is 10.1. The molecule has 0 spiro atoms. The number of carbonyl (C=O) groups excluding carboxylic acids is 1. The Kier molecular flexibility index (Phi) is 8.37. The fraction of sp³-hybridized carbons (Fsp3) is 0.333. The summed E-state index contributed by atoms with van der Waals surface area (Å²) in [6.07, 6.45) is 1.02. The van der Waals surface area contributed by atoms with Crippen molar-refractivity contribution in [3.05, 3.63) is 69.7 Å². The van der Waals surface area contributed by atoms with Gasteiger partial charge in [-0.1, -0.05) is 41.6 Å². The van der Waals surface area contributed by atoms with E-state index in [0.29, 0.717) is 24.5 Å². The monoisotopic (exact) mass is 456 g/mol. The van der Waals surface area contributed by atoms with E-state index in [1.807, 2.05) is 23.6 Å². The van der Waals surface area contributed by atoms with Gasteiger partial charge in [0.1, 0.15) is 4.34 Å². The van der Waals surface area contributed by atoms with Gasteiger partial charge in [0.2, 0.25) is 5.91 Å². The smallest absolute Gasteiger partial charge is 0.226 e. The number of thiazole rings is 1. The van der Waals surface area contributed by atoms with E-state index in [4.69, 9.17) is 9.47 Å². The molecule has 0 aliphatic carbocycles. The molecule has 2 aromatic carbocycles. The van der Waals surface area contributed by atoms with Gasteiger partial charge in [0, 0.05) is 17.7 Å². The number of rotatable bonds is 10. The Hall–Kier alpha value is -2.51. The number of nitrogens with zero attached hydrogens (tertiary/aromatic N) is 1. The van der Waals surface area contributed by atoms with Crippen LogP contribution in [0.15, 0.2) is 46.1 Å². The van der Waals surface area contributed by atoms with Crippen LogP contribution in [-0.4, -0.2) is 31.7 Å². The van der Waals surface area contributed by atoms with Gasteiger partial charge in [-0.25, -0.2) is 4.98 Å². The van der Waals surface area contributed by atoms with E-state index >= 15 is 0 Å². The summed E-state index contributed by atoms with van der Waals surface area (Å²) in [5, 5.41) is 4.94. The first-order valence-electron chi connectivity index (χ1n) is 10.1. The Labute approximate surface area is 192 Å². The fourth-order valence-corrected chi connectivity index (χ4v) is 5.05. The molecular formula is C24H28N2O3S2. The number of thioether (sulfide) groups is 1. The van der Waals surface area contributed by atoms with Crippen molar-refractivity contribution in [2.24, 2.45) is 0 Å². The maximum absolute atomic E-state index is 12.3. The number of carbonyl (C=O) groups is 1. The molecule has 0 radical (unpaired) electrons. The summed E-state index contributed by atoms with van der Waals surface area (Å²) in [6.45, 7) is 4.81. The number of methoxy groups -OCH3 is 2. The van der Waals surface area contributed by atoms with E-state index in [0.717, 1.165) is 27.8 Å². The van der Waals surface area contributed by atoms with Crippen LogP contribution in [0.5, 0.6) is 11.5 Å². The third-order valence-electron chi connectivity index (χ3n) is 4.91. The van der Waals surface area contributed by atoms with Crippen LogP contribution < -0.4 is 14.8 Å². The van der Waals surface area contributed by atoms with Gasteiger partial charge in [0.15, 0.2) is 11.5 Å². The van der Waals surface area contributed by atoms with Crippen LogP contribution in [0.4, 0.5) is 0 Å². The number of hydrogen-bond acceptors (Lipinski definition) is 6. The molecule has 5 nitrogen and oxygen atoms in total. The van der Waals surface area contributed by atoms with Crippen LogP contribution >= 0.6 is 23.1 Å². The maximum atomic E-state index is 12.3. The molecule has 164 valence electrons. The molecule has 1 heterocycles. The summed E-state index contributed by atoms with van der Waals surface area (Å²) in [5.74, 6) is 2.26. The van der Waals surface area contributed by atoms with Gasteiger partial charge >= 0.3 is 0 Å². The van der Waals surface area contributed by atoms with Crippen molar-refractivity contribution in [2.75, 3.05) is 20.8 Å². The topological polar surface area (TPSA) is 60.5 Å². The van der Waals surface area contributed by atoms with Crippen LogP contribution in [0.3, 0.4) is 0 Å². The van der Waals surface area contributed by atoms with Crippen LogP contribution in [-0.2, 0) is 23.4 Å². The van der Waals surface area contributed by atoms with Crippen molar-refractivity contribution < 1.29 is 14.3 Å². The first kappa shape index (κ1) is 23.2. The number of amides is 1. The normalized spacial score (nSPS) is 10.7. The first-order valence-corrected chi connectivity index (χ1v) is 12.0. The second kappa shape index (κ2) is 11.2. The van der Waals surface area contributed by atoms with Crippen LogP contribution in [0.25, 0.3) is 0 Å². The number of aromatic nitrogens is 1. The van der Waals surface area contributed by atoms with Crippen molar-refractivity contribution in [2.45, 2.75) is 36.8 Å². The Morgan fingerprint density at radius 2 is 1.90 bits per heavy atom. The number of benzene rings is 2. The minimum atomic E-state index is -0.0168. The minimum Gasteiger partial charge on any atom is -0.493 e. The van der Waals surface area contributed by atoms with Crippen molar-refractivity contribution in [1.29, 1.82) is 0 Å². The van der Waals surface area contributed by atoms with Gasteiger partial charge in [-0.2, -0.15) is 0 Å². The minimum absolute atomic E-state index is 0.0168. The molecule has 3 rings (SSSR count). The average Bonchev–Trinajstić information content (AvgIpc) is 3.21. The van der Waals surface area contributed by atoms with Gasteiger partial charge < -0.3 is 14.8 Å². The molecule has 0 saturated carbocycles. The van der Waals surface area contributed by atoms with Crippen LogP contribution in [0, 0.1) is 13.8 Å². The molecule has 1 N–H and O–H groups in total. The van der Waals surface area contributed by atoms with Crippen molar-refractivity contribution >= 4 is 29.0 Å². The predicted octanol–water partition coefficient (Wildman–Crippen LogP) is 4.97. The number of nitrogens with one attached hydrogen (secondary N) is 1. The Balaban J connectivity index is 1.45. The molecular weight excluding hydrogens is 428 g/mol. The largest absolute Gasteiger partial charge is 0.493 e. The SMILES string of the molecule is COc1ccc(CCNC(=O)Cc2csc(SCc3cc(C)ccc3C)n2)cc1OC. The zero-order chi connectivity index (χ0) is 22.2.